The van der Waals surface area contributed by atoms with E-state index in [0.717, 1.165) is 38.3 Å². The van der Waals surface area contributed by atoms with Crippen LogP contribution in [0.15, 0.2) is 67.3 Å². The molecule has 0 aliphatic carbocycles. The first kappa shape index (κ1) is 23.5. The molecule has 2 amide bonds. The van der Waals surface area contributed by atoms with E-state index in [4.69, 9.17) is 4.74 Å². The predicted molar refractivity (Wildman–Crippen MR) is 131 cm³/mol. The lowest BCUT2D eigenvalue weighted by Crippen LogP contribution is -2.35. The maximum Gasteiger partial charge on any atom is 0.253 e. The van der Waals surface area contributed by atoms with Crippen LogP contribution in [0.2, 0.25) is 0 Å². The molecular formula is C26H31N5O3. The molecule has 1 aliphatic rings. The van der Waals surface area contributed by atoms with Gasteiger partial charge in [0.15, 0.2) is 0 Å². The molecule has 178 valence electrons. The van der Waals surface area contributed by atoms with Gasteiger partial charge in [0.1, 0.15) is 5.75 Å². The maximum atomic E-state index is 13.2. The van der Waals surface area contributed by atoms with Crippen molar-refractivity contribution >= 4 is 17.5 Å². The predicted octanol–water partition coefficient (Wildman–Crippen LogP) is 3.27. The molecule has 8 nitrogen and oxygen atoms in total. The number of imidazole rings is 1. The zero-order valence-corrected chi connectivity index (χ0v) is 19.5. The smallest absolute Gasteiger partial charge is 0.253 e. The SMILES string of the molecule is COc1ccc(CN2CCCN(C(=O)c3cccc(NC(=O)CCn4ccnc4)c3)CC2)cc1. The summed E-state index contributed by atoms with van der Waals surface area (Å²) in [4.78, 5) is 33.8. The average molecular weight is 462 g/mol. The van der Waals surface area contributed by atoms with Gasteiger partial charge in [-0.2, -0.15) is 0 Å². The molecule has 1 fully saturated rings. The molecule has 0 spiro atoms. The van der Waals surface area contributed by atoms with Crippen LogP contribution in [0.1, 0.15) is 28.8 Å². The third-order valence-corrected chi connectivity index (χ3v) is 5.99. The number of rotatable bonds is 8. The molecule has 1 aliphatic heterocycles. The molecule has 0 atom stereocenters. The number of hydrogen-bond acceptors (Lipinski definition) is 5. The van der Waals surface area contributed by atoms with E-state index < -0.39 is 0 Å². The van der Waals surface area contributed by atoms with E-state index in [1.807, 2.05) is 46.0 Å². The summed E-state index contributed by atoms with van der Waals surface area (Å²) in [6.45, 7) is 4.58. The van der Waals surface area contributed by atoms with Crippen molar-refractivity contribution in [3.8, 4) is 5.75 Å². The zero-order chi connectivity index (χ0) is 23.8. The van der Waals surface area contributed by atoms with E-state index in [1.54, 1.807) is 25.7 Å². The van der Waals surface area contributed by atoms with Crippen LogP contribution in [0, 0.1) is 0 Å². The Morgan fingerprint density at radius 2 is 1.91 bits per heavy atom. The lowest BCUT2D eigenvalue weighted by Gasteiger charge is -2.22. The van der Waals surface area contributed by atoms with E-state index >= 15 is 0 Å². The zero-order valence-electron chi connectivity index (χ0n) is 19.5. The minimum atomic E-state index is -0.0951. The first-order valence-corrected chi connectivity index (χ1v) is 11.6. The highest BCUT2D eigenvalue weighted by molar-refractivity contribution is 5.97. The number of carbonyl (C=O) groups excluding carboxylic acids is 2. The summed E-state index contributed by atoms with van der Waals surface area (Å²) in [6, 6.07) is 15.3. The van der Waals surface area contributed by atoms with Gasteiger partial charge in [-0.25, -0.2) is 4.98 Å². The molecule has 1 saturated heterocycles. The second-order valence-electron chi connectivity index (χ2n) is 8.45. The van der Waals surface area contributed by atoms with Gasteiger partial charge >= 0.3 is 0 Å². The molecule has 4 rings (SSSR count). The van der Waals surface area contributed by atoms with E-state index in [-0.39, 0.29) is 11.8 Å². The van der Waals surface area contributed by atoms with Crippen LogP contribution in [0.3, 0.4) is 0 Å². The van der Waals surface area contributed by atoms with Gasteiger partial charge in [-0.15, -0.1) is 0 Å². The molecule has 1 N–H and O–H groups in total. The standard InChI is InChI=1S/C26H31N5O3/c1-34-24-8-6-21(7-9-24)19-29-12-3-13-31(17-16-29)26(33)22-4-2-5-23(18-22)28-25(32)10-14-30-15-11-27-20-30/h2,4-9,11,15,18,20H,3,10,12-14,16-17,19H2,1H3,(H,28,32). The van der Waals surface area contributed by atoms with Crippen LogP contribution in [-0.4, -0.2) is 64.5 Å². The topological polar surface area (TPSA) is 79.7 Å². The summed E-state index contributed by atoms with van der Waals surface area (Å²) in [6.07, 6.45) is 6.46. The van der Waals surface area contributed by atoms with Gasteiger partial charge in [-0.05, 0) is 42.3 Å². The number of methoxy groups -OCH3 is 1. The average Bonchev–Trinajstić information content (AvgIpc) is 3.28. The third kappa shape index (κ3) is 6.45. The van der Waals surface area contributed by atoms with Crippen LogP contribution in [-0.2, 0) is 17.9 Å². The van der Waals surface area contributed by atoms with Crippen molar-refractivity contribution in [2.24, 2.45) is 0 Å². The Morgan fingerprint density at radius 3 is 2.68 bits per heavy atom. The highest BCUT2D eigenvalue weighted by Gasteiger charge is 2.21. The molecule has 3 aromatic rings. The van der Waals surface area contributed by atoms with E-state index in [2.05, 4.69) is 27.3 Å². The number of anilines is 1. The fourth-order valence-corrected chi connectivity index (χ4v) is 4.11. The van der Waals surface area contributed by atoms with Gasteiger partial charge in [0.25, 0.3) is 5.91 Å². The Hall–Kier alpha value is -3.65. The summed E-state index contributed by atoms with van der Waals surface area (Å²) in [5.74, 6) is 0.760. The molecule has 8 heteroatoms. The minimum absolute atomic E-state index is 0.000752. The molecule has 1 aromatic heterocycles. The molecule has 2 heterocycles. The van der Waals surface area contributed by atoms with Crippen LogP contribution >= 0.6 is 0 Å². The molecule has 0 bridgehead atoms. The number of hydrogen-bond donors (Lipinski definition) is 1. The number of nitrogens with zero attached hydrogens (tertiary/aromatic N) is 4. The molecule has 0 saturated carbocycles. The number of benzene rings is 2. The molecule has 34 heavy (non-hydrogen) atoms. The van der Waals surface area contributed by atoms with Gasteiger partial charge in [-0.3, -0.25) is 14.5 Å². The van der Waals surface area contributed by atoms with Crippen molar-refractivity contribution in [3.05, 3.63) is 78.4 Å². The number of carbonyl (C=O) groups is 2. The van der Waals surface area contributed by atoms with E-state index in [0.29, 0.717) is 30.8 Å². The van der Waals surface area contributed by atoms with Crippen molar-refractivity contribution in [1.82, 2.24) is 19.4 Å². The highest BCUT2D eigenvalue weighted by Crippen LogP contribution is 2.17. The molecule has 0 radical (unpaired) electrons. The minimum Gasteiger partial charge on any atom is -0.497 e. The molecule has 0 unspecified atom stereocenters. The second-order valence-corrected chi connectivity index (χ2v) is 8.45. The fraction of sp³-hybridized carbons (Fsp3) is 0.346. The fourth-order valence-electron chi connectivity index (χ4n) is 4.11. The normalized spacial score (nSPS) is 14.4. The monoisotopic (exact) mass is 461 g/mol. The second kappa shape index (κ2) is 11.5. The van der Waals surface area contributed by atoms with Crippen molar-refractivity contribution in [3.63, 3.8) is 0 Å². The highest BCUT2D eigenvalue weighted by atomic mass is 16.5. The summed E-state index contributed by atoms with van der Waals surface area (Å²) >= 11 is 0. The van der Waals surface area contributed by atoms with Gasteiger partial charge in [-0.1, -0.05) is 18.2 Å². The van der Waals surface area contributed by atoms with Crippen molar-refractivity contribution in [2.45, 2.75) is 25.9 Å². The first-order chi connectivity index (χ1) is 16.6. The Morgan fingerprint density at radius 1 is 1.06 bits per heavy atom. The van der Waals surface area contributed by atoms with Crippen LogP contribution < -0.4 is 10.1 Å². The number of aromatic nitrogens is 2. The third-order valence-electron chi connectivity index (χ3n) is 5.99. The van der Waals surface area contributed by atoms with Crippen LogP contribution in [0.5, 0.6) is 5.75 Å². The maximum absolute atomic E-state index is 13.2. The van der Waals surface area contributed by atoms with E-state index in [9.17, 15) is 9.59 Å². The van der Waals surface area contributed by atoms with Gasteiger partial charge < -0.3 is 19.5 Å². The van der Waals surface area contributed by atoms with E-state index in [1.165, 1.54) is 5.56 Å². The number of aryl methyl sites for hydroxylation is 1. The lowest BCUT2D eigenvalue weighted by atomic mass is 10.1. The molecule has 2 aromatic carbocycles. The lowest BCUT2D eigenvalue weighted by molar-refractivity contribution is -0.116. The quantitative estimate of drug-likeness (QED) is 0.557. The van der Waals surface area contributed by atoms with Crippen molar-refractivity contribution < 1.29 is 14.3 Å². The number of amides is 2. The van der Waals surface area contributed by atoms with Gasteiger partial charge in [0, 0.05) is 69.3 Å². The van der Waals surface area contributed by atoms with Crippen LogP contribution in [0.4, 0.5) is 5.69 Å². The molecular weight excluding hydrogens is 430 g/mol. The summed E-state index contributed by atoms with van der Waals surface area (Å²) in [5, 5.41) is 2.90. The van der Waals surface area contributed by atoms with Crippen molar-refractivity contribution in [2.75, 3.05) is 38.6 Å². The van der Waals surface area contributed by atoms with Gasteiger partial charge in [0.2, 0.25) is 5.91 Å². The van der Waals surface area contributed by atoms with Gasteiger partial charge in [0.05, 0.1) is 13.4 Å². The Bertz CT molecular complexity index is 1080. The Kier molecular flexibility index (Phi) is 7.93. The summed E-state index contributed by atoms with van der Waals surface area (Å²) in [7, 11) is 1.67. The number of nitrogens with one attached hydrogen (secondary N) is 1. The Labute approximate surface area is 200 Å². The number of ether oxygens (including phenoxy) is 1. The summed E-state index contributed by atoms with van der Waals surface area (Å²) in [5.41, 5.74) is 2.46. The largest absolute Gasteiger partial charge is 0.497 e. The van der Waals surface area contributed by atoms with Crippen LogP contribution in [0.25, 0.3) is 0 Å². The van der Waals surface area contributed by atoms with Crippen molar-refractivity contribution in [1.29, 1.82) is 0 Å². The summed E-state index contributed by atoms with van der Waals surface area (Å²) < 4.78 is 7.09. The first-order valence-electron chi connectivity index (χ1n) is 11.6. The Balaban J connectivity index is 1.30.